The normalized spacial score (nSPS) is 12.6. The maximum Gasteiger partial charge on any atom is 0.242 e. The van der Waals surface area contributed by atoms with E-state index in [0.717, 1.165) is 6.26 Å². The van der Waals surface area contributed by atoms with Gasteiger partial charge < -0.3 is 5.32 Å². The summed E-state index contributed by atoms with van der Waals surface area (Å²) in [5, 5.41) is 10.2. The fraction of sp³-hybridized carbons (Fsp3) is 0.273. The number of amides is 1. The summed E-state index contributed by atoms with van der Waals surface area (Å²) in [6, 6.07) is 6.66. The molecule has 0 spiro atoms. The van der Waals surface area contributed by atoms with Crippen LogP contribution in [-0.2, 0) is 14.6 Å². The van der Waals surface area contributed by atoms with Gasteiger partial charge >= 0.3 is 0 Å². The number of hydrogen-bond acceptors (Lipinski definition) is 4. The summed E-state index contributed by atoms with van der Waals surface area (Å²) in [5.41, 5.74) is 0.555. The van der Waals surface area contributed by atoms with Crippen LogP contribution in [0, 0.1) is 11.3 Å². The highest BCUT2D eigenvalue weighted by Gasteiger charge is 2.24. The molecule has 1 amide bonds. The molecule has 7 heteroatoms. The monoisotopic (exact) mass is 330 g/mol. The number of carbonyl (C=O) groups is 1. The highest BCUT2D eigenvalue weighted by molar-refractivity contribution is 9.10. The van der Waals surface area contributed by atoms with Crippen molar-refractivity contribution in [3.63, 3.8) is 0 Å². The van der Waals surface area contributed by atoms with Crippen LogP contribution >= 0.6 is 15.9 Å². The number of carbonyl (C=O) groups excluding carboxylic acids is 1. The van der Waals surface area contributed by atoms with Crippen LogP contribution in [0.4, 0.5) is 5.69 Å². The molecule has 1 N–H and O–H groups in total. The summed E-state index contributed by atoms with van der Waals surface area (Å²) in [7, 11) is -3.45. The summed E-state index contributed by atoms with van der Waals surface area (Å²) in [6.07, 6.45) is 0.990. The minimum Gasteiger partial charge on any atom is -0.324 e. The van der Waals surface area contributed by atoms with E-state index < -0.39 is 21.0 Å². The van der Waals surface area contributed by atoms with E-state index in [1.807, 2.05) is 6.07 Å². The molecule has 1 rings (SSSR count). The summed E-state index contributed by atoms with van der Waals surface area (Å²) in [6.45, 7) is 1.30. The number of nitrogens with zero attached hydrogens (tertiary/aromatic N) is 1. The largest absolute Gasteiger partial charge is 0.324 e. The lowest BCUT2D eigenvalue weighted by Crippen LogP contribution is -2.32. The first kappa shape index (κ1) is 14.7. The van der Waals surface area contributed by atoms with Gasteiger partial charge in [0.15, 0.2) is 9.84 Å². The molecule has 1 aromatic carbocycles. The van der Waals surface area contributed by atoms with Gasteiger partial charge in [-0.15, -0.1) is 0 Å². The van der Waals surface area contributed by atoms with Crippen molar-refractivity contribution in [1.82, 2.24) is 0 Å². The van der Waals surface area contributed by atoms with Crippen molar-refractivity contribution < 1.29 is 13.2 Å². The highest BCUT2D eigenvalue weighted by atomic mass is 79.9. The lowest BCUT2D eigenvalue weighted by atomic mass is 10.2. The van der Waals surface area contributed by atoms with E-state index >= 15 is 0 Å². The molecule has 18 heavy (non-hydrogen) atoms. The Hall–Kier alpha value is -1.39. The van der Waals surface area contributed by atoms with Crippen LogP contribution in [0.1, 0.15) is 12.5 Å². The average Bonchev–Trinajstić information content (AvgIpc) is 2.29. The third-order valence-corrected chi connectivity index (χ3v) is 4.36. The SMILES string of the molecule is CC(C(=O)Nc1ccc(Br)cc1C#N)S(C)(=O)=O. The second-order valence-electron chi connectivity index (χ2n) is 3.76. The van der Waals surface area contributed by atoms with Crippen molar-refractivity contribution in [1.29, 1.82) is 5.26 Å². The molecule has 0 aliphatic carbocycles. The third-order valence-electron chi connectivity index (χ3n) is 2.37. The van der Waals surface area contributed by atoms with Gasteiger partial charge in [-0.05, 0) is 25.1 Å². The second kappa shape index (κ2) is 5.50. The molecule has 1 unspecified atom stereocenters. The van der Waals surface area contributed by atoms with Gasteiger partial charge in [0.25, 0.3) is 0 Å². The van der Waals surface area contributed by atoms with Crippen LogP contribution in [0.3, 0.4) is 0 Å². The Kier molecular flexibility index (Phi) is 4.48. The van der Waals surface area contributed by atoms with Crippen molar-refractivity contribution in [2.45, 2.75) is 12.2 Å². The van der Waals surface area contributed by atoms with Gasteiger partial charge in [-0.1, -0.05) is 15.9 Å². The van der Waals surface area contributed by atoms with Gasteiger partial charge in [-0.25, -0.2) is 8.42 Å². The Bertz CT molecular complexity index is 620. The predicted octanol–water partition coefficient (Wildman–Crippen LogP) is 1.69. The van der Waals surface area contributed by atoms with Crippen LogP contribution in [0.5, 0.6) is 0 Å². The molecule has 0 fully saturated rings. The number of nitriles is 1. The van der Waals surface area contributed by atoms with Crippen LogP contribution in [0.25, 0.3) is 0 Å². The molecule has 0 aliphatic rings. The molecule has 0 radical (unpaired) electrons. The Morgan fingerprint density at radius 2 is 2.11 bits per heavy atom. The number of rotatable bonds is 3. The predicted molar refractivity (Wildman–Crippen MR) is 71.8 cm³/mol. The van der Waals surface area contributed by atoms with Gasteiger partial charge in [0.2, 0.25) is 5.91 Å². The zero-order valence-corrected chi connectivity index (χ0v) is 12.2. The van der Waals surface area contributed by atoms with Gasteiger partial charge in [0, 0.05) is 10.7 Å². The zero-order chi connectivity index (χ0) is 13.9. The van der Waals surface area contributed by atoms with Gasteiger partial charge in [0.1, 0.15) is 11.3 Å². The lowest BCUT2D eigenvalue weighted by Gasteiger charge is -2.11. The van der Waals surface area contributed by atoms with Crippen LogP contribution < -0.4 is 5.32 Å². The van der Waals surface area contributed by atoms with Crippen LogP contribution in [-0.4, -0.2) is 25.8 Å². The maximum absolute atomic E-state index is 11.7. The van der Waals surface area contributed by atoms with Crippen LogP contribution in [0.2, 0.25) is 0 Å². The summed E-state index contributed by atoms with van der Waals surface area (Å²) < 4.78 is 23.2. The molecular weight excluding hydrogens is 320 g/mol. The summed E-state index contributed by atoms with van der Waals surface area (Å²) in [4.78, 5) is 11.7. The topological polar surface area (TPSA) is 87.0 Å². The van der Waals surface area contributed by atoms with Crippen LogP contribution in [0.15, 0.2) is 22.7 Å². The fourth-order valence-corrected chi connectivity index (χ4v) is 1.96. The Balaban J connectivity index is 3.00. The van der Waals surface area contributed by atoms with E-state index in [4.69, 9.17) is 5.26 Å². The van der Waals surface area contributed by atoms with E-state index in [1.54, 1.807) is 12.1 Å². The molecule has 0 heterocycles. The maximum atomic E-state index is 11.7. The molecular formula is C11H11BrN2O3S. The van der Waals surface area contributed by atoms with Crippen molar-refractivity contribution >= 4 is 37.4 Å². The summed E-state index contributed by atoms with van der Waals surface area (Å²) >= 11 is 3.20. The average molecular weight is 331 g/mol. The number of anilines is 1. The molecule has 0 bridgehead atoms. The van der Waals surface area contributed by atoms with E-state index in [1.165, 1.54) is 13.0 Å². The molecule has 5 nitrogen and oxygen atoms in total. The molecule has 0 aromatic heterocycles. The Morgan fingerprint density at radius 3 is 2.61 bits per heavy atom. The van der Waals surface area contributed by atoms with Gasteiger partial charge in [0.05, 0.1) is 11.3 Å². The van der Waals surface area contributed by atoms with Crippen molar-refractivity contribution in [3.05, 3.63) is 28.2 Å². The lowest BCUT2D eigenvalue weighted by molar-refractivity contribution is -0.115. The van der Waals surface area contributed by atoms with Crippen molar-refractivity contribution in [3.8, 4) is 6.07 Å². The third kappa shape index (κ3) is 3.55. The summed E-state index contributed by atoms with van der Waals surface area (Å²) in [5.74, 6) is -0.656. The van der Waals surface area contributed by atoms with Crippen molar-refractivity contribution in [2.75, 3.05) is 11.6 Å². The number of sulfone groups is 1. The number of benzene rings is 1. The van der Waals surface area contributed by atoms with E-state index in [-0.39, 0.29) is 5.56 Å². The molecule has 0 saturated heterocycles. The number of nitrogens with one attached hydrogen (secondary N) is 1. The molecule has 0 saturated carbocycles. The first-order chi connectivity index (χ1) is 8.25. The fourth-order valence-electron chi connectivity index (χ4n) is 1.15. The minimum atomic E-state index is -3.45. The molecule has 1 aromatic rings. The smallest absolute Gasteiger partial charge is 0.242 e. The van der Waals surface area contributed by atoms with Gasteiger partial charge in [-0.3, -0.25) is 4.79 Å². The second-order valence-corrected chi connectivity index (χ2v) is 7.04. The van der Waals surface area contributed by atoms with E-state index in [0.29, 0.717) is 10.2 Å². The Morgan fingerprint density at radius 1 is 1.50 bits per heavy atom. The molecule has 96 valence electrons. The Labute approximate surface area is 114 Å². The van der Waals surface area contributed by atoms with Gasteiger partial charge in [-0.2, -0.15) is 5.26 Å². The number of halogens is 1. The first-order valence-corrected chi connectivity index (χ1v) is 7.70. The minimum absolute atomic E-state index is 0.262. The quantitative estimate of drug-likeness (QED) is 0.913. The first-order valence-electron chi connectivity index (χ1n) is 4.95. The standard InChI is InChI=1S/C11H11BrN2O3S/c1-7(18(2,16)17)11(15)14-10-4-3-9(12)5-8(10)6-13/h3-5,7H,1-2H3,(H,14,15). The number of hydrogen-bond donors (Lipinski definition) is 1. The molecule has 0 aliphatic heterocycles. The molecule has 1 atom stereocenters. The zero-order valence-electron chi connectivity index (χ0n) is 9.77. The highest BCUT2D eigenvalue weighted by Crippen LogP contribution is 2.20. The van der Waals surface area contributed by atoms with E-state index in [9.17, 15) is 13.2 Å². The van der Waals surface area contributed by atoms with Crippen molar-refractivity contribution in [2.24, 2.45) is 0 Å². The van der Waals surface area contributed by atoms with E-state index in [2.05, 4.69) is 21.2 Å².